The van der Waals surface area contributed by atoms with Gasteiger partial charge in [0.15, 0.2) is 5.65 Å². The van der Waals surface area contributed by atoms with Crippen molar-refractivity contribution in [2.75, 3.05) is 6.61 Å². The molecule has 4 nitrogen and oxygen atoms in total. The highest BCUT2D eigenvalue weighted by molar-refractivity contribution is 9.10. The van der Waals surface area contributed by atoms with Crippen LogP contribution in [0.15, 0.2) is 34.8 Å². The summed E-state index contributed by atoms with van der Waals surface area (Å²) in [6.07, 6.45) is 0. The molecule has 0 saturated heterocycles. The SMILES string of the molecule is CCOc1ccc2[nH]c(-c3ccc(F)c(Br)c3)nc2n1. The monoisotopic (exact) mass is 335 g/mol. The van der Waals surface area contributed by atoms with Gasteiger partial charge in [0, 0.05) is 11.6 Å². The first-order valence-electron chi connectivity index (χ1n) is 6.12. The number of halogens is 2. The van der Waals surface area contributed by atoms with Gasteiger partial charge >= 0.3 is 0 Å². The molecule has 0 fully saturated rings. The molecule has 0 bridgehead atoms. The molecule has 1 aromatic carbocycles. The van der Waals surface area contributed by atoms with E-state index in [0.29, 0.717) is 28.4 Å². The first kappa shape index (κ1) is 13.1. The van der Waals surface area contributed by atoms with Crippen molar-refractivity contribution in [2.45, 2.75) is 6.92 Å². The minimum Gasteiger partial charge on any atom is -0.478 e. The summed E-state index contributed by atoms with van der Waals surface area (Å²) in [6.45, 7) is 2.46. The Morgan fingerprint density at radius 1 is 1.25 bits per heavy atom. The molecule has 102 valence electrons. The second-order valence-electron chi connectivity index (χ2n) is 4.17. The molecule has 0 saturated carbocycles. The van der Waals surface area contributed by atoms with Crippen LogP contribution in [0, 0.1) is 5.82 Å². The maximum Gasteiger partial charge on any atom is 0.215 e. The smallest absolute Gasteiger partial charge is 0.215 e. The molecule has 0 aliphatic heterocycles. The topological polar surface area (TPSA) is 50.8 Å². The predicted octanol–water partition coefficient (Wildman–Crippen LogP) is 3.93. The Labute approximate surface area is 123 Å². The van der Waals surface area contributed by atoms with Gasteiger partial charge in [0.05, 0.1) is 16.6 Å². The van der Waals surface area contributed by atoms with Gasteiger partial charge in [-0.2, -0.15) is 4.98 Å². The molecule has 6 heteroatoms. The molecular weight excluding hydrogens is 325 g/mol. The number of H-pyrrole nitrogens is 1. The van der Waals surface area contributed by atoms with Crippen molar-refractivity contribution in [1.82, 2.24) is 15.0 Å². The van der Waals surface area contributed by atoms with Crippen molar-refractivity contribution >= 4 is 27.1 Å². The highest BCUT2D eigenvalue weighted by Gasteiger charge is 2.09. The maximum absolute atomic E-state index is 13.3. The number of rotatable bonds is 3. The fourth-order valence-electron chi connectivity index (χ4n) is 1.88. The summed E-state index contributed by atoms with van der Waals surface area (Å²) in [6, 6.07) is 8.39. The molecule has 2 aromatic heterocycles. The first-order chi connectivity index (χ1) is 9.67. The summed E-state index contributed by atoms with van der Waals surface area (Å²) in [7, 11) is 0. The van der Waals surface area contributed by atoms with E-state index in [1.165, 1.54) is 6.07 Å². The molecular formula is C14H11BrFN3O. The van der Waals surface area contributed by atoms with Gasteiger partial charge in [-0.15, -0.1) is 0 Å². The van der Waals surface area contributed by atoms with Gasteiger partial charge < -0.3 is 9.72 Å². The van der Waals surface area contributed by atoms with E-state index in [1.54, 1.807) is 18.2 Å². The second kappa shape index (κ2) is 5.20. The van der Waals surface area contributed by atoms with E-state index in [0.717, 1.165) is 11.1 Å². The largest absolute Gasteiger partial charge is 0.478 e. The summed E-state index contributed by atoms with van der Waals surface area (Å²) in [5.41, 5.74) is 2.17. The zero-order valence-corrected chi connectivity index (χ0v) is 12.2. The van der Waals surface area contributed by atoms with E-state index < -0.39 is 0 Å². The van der Waals surface area contributed by atoms with Gasteiger partial charge in [-0.05, 0) is 47.1 Å². The van der Waals surface area contributed by atoms with Gasteiger partial charge in [-0.3, -0.25) is 0 Å². The van der Waals surface area contributed by atoms with Crippen molar-refractivity contribution < 1.29 is 9.13 Å². The molecule has 3 aromatic rings. The van der Waals surface area contributed by atoms with Gasteiger partial charge in [0.2, 0.25) is 5.88 Å². The second-order valence-corrected chi connectivity index (χ2v) is 5.02. The number of aromatic nitrogens is 3. The Morgan fingerprint density at radius 2 is 2.10 bits per heavy atom. The molecule has 0 aliphatic rings. The Morgan fingerprint density at radius 3 is 2.85 bits per heavy atom. The lowest BCUT2D eigenvalue weighted by Gasteiger charge is -1.99. The van der Waals surface area contributed by atoms with E-state index in [9.17, 15) is 4.39 Å². The van der Waals surface area contributed by atoms with E-state index in [2.05, 4.69) is 30.9 Å². The Bertz CT molecular complexity index is 772. The standard InChI is InChI=1S/C14H11BrFN3O/c1-2-20-12-6-5-11-14(18-12)19-13(17-11)8-3-4-10(16)9(15)7-8/h3-7H,2H2,1H3,(H,17,18,19). The highest BCUT2D eigenvalue weighted by atomic mass is 79.9. The van der Waals surface area contributed by atoms with Gasteiger partial charge in [-0.25, -0.2) is 9.37 Å². The molecule has 0 atom stereocenters. The molecule has 0 radical (unpaired) electrons. The predicted molar refractivity (Wildman–Crippen MR) is 78.2 cm³/mol. The number of nitrogens with zero attached hydrogens (tertiary/aromatic N) is 2. The van der Waals surface area contributed by atoms with Crippen LogP contribution in [0.2, 0.25) is 0 Å². The van der Waals surface area contributed by atoms with Crippen molar-refractivity contribution in [3.8, 4) is 17.3 Å². The third-order valence-electron chi connectivity index (χ3n) is 2.81. The minimum absolute atomic E-state index is 0.304. The summed E-state index contributed by atoms with van der Waals surface area (Å²) >= 11 is 3.17. The van der Waals surface area contributed by atoms with Crippen LogP contribution in [0.25, 0.3) is 22.6 Å². The molecule has 1 N–H and O–H groups in total. The lowest BCUT2D eigenvalue weighted by molar-refractivity contribution is 0.328. The zero-order chi connectivity index (χ0) is 14.1. The van der Waals surface area contributed by atoms with E-state index in [1.807, 2.05) is 13.0 Å². The quantitative estimate of drug-likeness (QED) is 0.789. The maximum atomic E-state index is 13.3. The molecule has 0 aliphatic carbocycles. The van der Waals surface area contributed by atoms with Crippen LogP contribution >= 0.6 is 15.9 Å². The number of imidazole rings is 1. The minimum atomic E-state index is -0.304. The summed E-state index contributed by atoms with van der Waals surface area (Å²) in [5, 5.41) is 0. The van der Waals surface area contributed by atoms with Crippen LogP contribution in [0.4, 0.5) is 4.39 Å². The van der Waals surface area contributed by atoms with Crippen molar-refractivity contribution in [1.29, 1.82) is 0 Å². The molecule has 0 amide bonds. The number of benzene rings is 1. The van der Waals surface area contributed by atoms with E-state index >= 15 is 0 Å². The molecule has 20 heavy (non-hydrogen) atoms. The number of hydrogen-bond acceptors (Lipinski definition) is 3. The summed E-state index contributed by atoms with van der Waals surface area (Å²) in [4.78, 5) is 11.9. The Hall–Kier alpha value is -1.95. The van der Waals surface area contributed by atoms with Crippen LogP contribution in [0.5, 0.6) is 5.88 Å². The number of hydrogen-bond donors (Lipinski definition) is 1. The Balaban J connectivity index is 2.05. The van der Waals surface area contributed by atoms with Crippen molar-refractivity contribution in [2.24, 2.45) is 0 Å². The van der Waals surface area contributed by atoms with Crippen molar-refractivity contribution in [3.63, 3.8) is 0 Å². The highest BCUT2D eigenvalue weighted by Crippen LogP contribution is 2.25. The third kappa shape index (κ3) is 2.38. The number of pyridine rings is 1. The van der Waals surface area contributed by atoms with Gasteiger partial charge in [0.25, 0.3) is 0 Å². The fourth-order valence-corrected chi connectivity index (χ4v) is 2.26. The van der Waals surface area contributed by atoms with Crippen LogP contribution < -0.4 is 4.74 Å². The van der Waals surface area contributed by atoms with Crippen LogP contribution in [0.3, 0.4) is 0 Å². The van der Waals surface area contributed by atoms with E-state index in [4.69, 9.17) is 4.74 Å². The molecule has 0 spiro atoms. The Kier molecular flexibility index (Phi) is 3.40. The zero-order valence-electron chi connectivity index (χ0n) is 10.7. The van der Waals surface area contributed by atoms with Crippen LogP contribution in [-0.2, 0) is 0 Å². The fraction of sp³-hybridized carbons (Fsp3) is 0.143. The number of nitrogens with one attached hydrogen (secondary N) is 1. The summed E-state index contributed by atoms with van der Waals surface area (Å²) < 4.78 is 19.0. The number of ether oxygens (including phenoxy) is 1. The lowest BCUT2D eigenvalue weighted by atomic mass is 10.2. The van der Waals surface area contributed by atoms with Crippen LogP contribution in [-0.4, -0.2) is 21.6 Å². The number of aromatic amines is 1. The number of fused-ring (bicyclic) bond motifs is 1. The molecule has 2 heterocycles. The van der Waals surface area contributed by atoms with Crippen LogP contribution in [0.1, 0.15) is 6.92 Å². The molecule has 0 unspecified atom stereocenters. The van der Waals surface area contributed by atoms with E-state index in [-0.39, 0.29) is 5.82 Å². The van der Waals surface area contributed by atoms with Crippen molar-refractivity contribution in [3.05, 3.63) is 40.6 Å². The summed E-state index contributed by atoms with van der Waals surface area (Å²) in [5.74, 6) is 0.877. The molecule has 3 rings (SSSR count). The lowest BCUT2D eigenvalue weighted by Crippen LogP contribution is -1.93. The van der Waals surface area contributed by atoms with Gasteiger partial charge in [0.1, 0.15) is 11.6 Å². The first-order valence-corrected chi connectivity index (χ1v) is 6.91. The van der Waals surface area contributed by atoms with Gasteiger partial charge in [-0.1, -0.05) is 0 Å². The third-order valence-corrected chi connectivity index (χ3v) is 3.41. The average Bonchev–Trinajstić information content (AvgIpc) is 2.85. The normalized spacial score (nSPS) is 10.9. The average molecular weight is 336 g/mol.